The normalized spacial score (nSPS) is 26.0. The van der Waals surface area contributed by atoms with Gasteiger partial charge in [0.05, 0.1) is 0 Å². The molecule has 1 saturated heterocycles. The van der Waals surface area contributed by atoms with Crippen molar-refractivity contribution >= 4 is 5.91 Å². The maximum atomic E-state index is 12.7. The number of carbonyl (C=O) groups excluding carboxylic acids is 1. The molecule has 2 fully saturated rings. The first-order valence-corrected chi connectivity index (χ1v) is 8.96. The number of amides is 1. The van der Waals surface area contributed by atoms with Crippen molar-refractivity contribution in [3.05, 3.63) is 35.9 Å². The number of likely N-dealkylation sites (tertiary alicyclic amines) is 1. The van der Waals surface area contributed by atoms with Crippen molar-refractivity contribution in [2.75, 3.05) is 19.6 Å². The standard InChI is InChI=1S/C19H28N2O2/c22-18-19(23,15-20-17-9-4-5-10-17)12-6-13-21(18)14-11-16-7-2-1-3-8-16/h1-3,7-8,17,20,23H,4-6,9-15H2. The van der Waals surface area contributed by atoms with Crippen LogP contribution in [-0.2, 0) is 11.2 Å². The zero-order valence-corrected chi connectivity index (χ0v) is 13.8. The lowest BCUT2D eigenvalue weighted by Crippen LogP contribution is -2.59. The Labute approximate surface area is 138 Å². The van der Waals surface area contributed by atoms with Gasteiger partial charge >= 0.3 is 0 Å². The Morgan fingerprint density at radius 3 is 2.65 bits per heavy atom. The summed E-state index contributed by atoms with van der Waals surface area (Å²) in [5.74, 6) is -0.0924. The minimum absolute atomic E-state index is 0.0924. The summed E-state index contributed by atoms with van der Waals surface area (Å²) in [4.78, 5) is 14.5. The van der Waals surface area contributed by atoms with Crippen LogP contribution in [0.4, 0.5) is 0 Å². The topological polar surface area (TPSA) is 52.6 Å². The van der Waals surface area contributed by atoms with Crippen molar-refractivity contribution in [2.45, 2.75) is 56.6 Å². The molecule has 4 nitrogen and oxygen atoms in total. The molecule has 23 heavy (non-hydrogen) atoms. The number of hydrogen-bond acceptors (Lipinski definition) is 3. The van der Waals surface area contributed by atoms with Gasteiger partial charge in [0, 0.05) is 25.7 Å². The average Bonchev–Trinajstić information content (AvgIpc) is 3.09. The van der Waals surface area contributed by atoms with Gasteiger partial charge in [-0.25, -0.2) is 0 Å². The molecule has 1 heterocycles. The van der Waals surface area contributed by atoms with E-state index in [9.17, 15) is 9.90 Å². The van der Waals surface area contributed by atoms with Gasteiger partial charge in [0.2, 0.25) is 0 Å². The van der Waals surface area contributed by atoms with Crippen molar-refractivity contribution in [1.29, 1.82) is 0 Å². The highest BCUT2D eigenvalue weighted by molar-refractivity contribution is 5.86. The second kappa shape index (κ2) is 7.45. The molecule has 1 saturated carbocycles. The predicted molar refractivity (Wildman–Crippen MR) is 91.2 cm³/mol. The minimum atomic E-state index is -1.21. The fraction of sp³-hybridized carbons (Fsp3) is 0.632. The summed E-state index contributed by atoms with van der Waals surface area (Å²) < 4.78 is 0. The van der Waals surface area contributed by atoms with Gasteiger partial charge in [-0.3, -0.25) is 4.79 Å². The third-order valence-electron chi connectivity index (χ3n) is 5.26. The van der Waals surface area contributed by atoms with Crippen LogP contribution < -0.4 is 5.32 Å². The molecule has 1 amide bonds. The first kappa shape index (κ1) is 16.5. The molecule has 2 N–H and O–H groups in total. The minimum Gasteiger partial charge on any atom is -0.379 e. The smallest absolute Gasteiger partial charge is 0.255 e. The lowest BCUT2D eigenvalue weighted by Gasteiger charge is -2.39. The molecule has 0 spiro atoms. The number of piperidine rings is 1. The first-order chi connectivity index (χ1) is 11.2. The zero-order chi connectivity index (χ0) is 16.1. The molecule has 3 rings (SSSR count). The monoisotopic (exact) mass is 316 g/mol. The molecular formula is C19H28N2O2. The fourth-order valence-corrected chi connectivity index (χ4v) is 3.79. The van der Waals surface area contributed by atoms with Crippen LogP contribution in [0.15, 0.2) is 30.3 Å². The van der Waals surface area contributed by atoms with Crippen molar-refractivity contribution in [2.24, 2.45) is 0 Å². The molecule has 126 valence electrons. The molecule has 0 radical (unpaired) electrons. The molecule has 0 bridgehead atoms. The van der Waals surface area contributed by atoms with Crippen LogP contribution in [0.5, 0.6) is 0 Å². The summed E-state index contributed by atoms with van der Waals surface area (Å²) in [5.41, 5.74) is 0.0239. The molecule has 1 atom stereocenters. The van der Waals surface area contributed by atoms with E-state index >= 15 is 0 Å². The quantitative estimate of drug-likeness (QED) is 0.845. The Morgan fingerprint density at radius 2 is 1.91 bits per heavy atom. The van der Waals surface area contributed by atoms with E-state index in [2.05, 4.69) is 17.4 Å². The van der Waals surface area contributed by atoms with Crippen LogP contribution in [0.2, 0.25) is 0 Å². The van der Waals surface area contributed by atoms with Gasteiger partial charge < -0.3 is 15.3 Å². The summed E-state index contributed by atoms with van der Waals surface area (Å²) in [6, 6.07) is 10.7. The highest BCUT2D eigenvalue weighted by atomic mass is 16.3. The van der Waals surface area contributed by atoms with Crippen LogP contribution in [-0.4, -0.2) is 47.2 Å². The first-order valence-electron chi connectivity index (χ1n) is 8.96. The molecule has 2 aliphatic rings. The van der Waals surface area contributed by atoms with Crippen molar-refractivity contribution in [1.82, 2.24) is 10.2 Å². The Morgan fingerprint density at radius 1 is 1.17 bits per heavy atom. The molecule has 4 heteroatoms. The number of carbonyl (C=O) groups is 1. The van der Waals surface area contributed by atoms with E-state index in [0.717, 1.165) is 19.4 Å². The number of rotatable bonds is 6. The summed E-state index contributed by atoms with van der Waals surface area (Å²) in [6.07, 6.45) is 7.15. The Kier molecular flexibility index (Phi) is 5.34. The Hall–Kier alpha value is -1.39. The van der Waals surface area contributed by atoms with Crippen molar-refractivity contribution < 1.29 is 9.90 Å². The Bertz CT molecular complexity index is 513. The molecule has 1 aromatic carbocycles. The van der Waals surface area contributed by atoms with E-state index in [-0.39, 0.29) is 5.91 Å². The van der Waals surface area contributed by atoms with Gasteiger partial charge in [-0.1, -0.05) is 43.2 Å². The summed E-state index contributed by atoms with van der Waals surface area (Å²) in [6.45, 7) is 1.85. The Balaban J connectivity index is 1.54. The second-order valence-corrected chi connectivity index (χ2v) is 7.03. The summed E-state index contributed by atoms with van der Waals surface area (Å²) >= 11 is 0. The molecule has 1 unspecified atom stereocenters. The number of benzene rings is 1. The number of nitrogens with zero attached hydrogens (tertiary/aromatic N) is 1. The van der Waals surface area contributed by atoms with Gasteiger partial charge in [0.15, 0.2) is 5.60 Å². The van der Waals surface area contributed by atoms with Crippen molar-refractivity contribution in [3.8, 4) is 0 Å². The highest BCUT2D eigenvalue weighted by Crippen LogP contribution is 2.24. The van der Waals surface area contributed by atoms with Crippen LogP contribution >= 0.6 is 0 Å². The van der Waals surface area contributed by atoms with Gasteiger partial charge in [0.25, 0.3) is 5.91 Å². The second-order valence-electron chi connectivity index (χ2n) is 7.03. The molecule has 1 aliphatic heterocycles. The van der Waals surface area contributed by atoms with Crippen LogP contribution in [0.1, 0.15) is 44.1 Å². The van der Waals surface area contributed by atoms with E-state index in [4.69, 9.17) is 0 Å². The lowest BCUT2D eigenvalue weighted by atomic mass is 9.91. The number of aliphatic hydroxyl groups is 1. The molecular weight excluding hydrogens is 288 g/mol. The van der Waals surface area contributed by atoms with E-state index < -0.39 is 5.60 Å². The van der Waals surface area contributed by atoms with Gasteiger partial charge in [0.1, 0.15) is 0 Å². The van der Waals surface area contributed by atoms with Gasteiger partial charge in [-0.15, -0.1) is 0 Å². The van der Waals surface area contributed by atoms with Crippen LogP contribution in [0.3, 0.4) is 0 Å². The maximum Gasteiger partial charge on any atom is 0.255 e. The largest absolute Gasteiger partial charge is 0.379 e. The number of hydrogen-bond donors (Lipinski definition) is 2. The van der Waals surface area contributed by atoms with E-state index in [1.807, 2.05) is 23.1 Å². The van der Waals surface area contributed by atoms with Crippen molar-refractivity contribution in [3.63, 3.8) is 0 Å². The van der Waals surface area contributed by atoms with Crippen LogP contribution in [0, 0.1) is 0 Å². The van der Waals surface area contributed by atoms with E-state index in [0.29, 0.717) is 25.6 Å². The van der Waals surface area contributed by atoms with Crippen LogP contribution in [0.25, 0.3) is 0 Å². The highest BCUT2D eigenvalue weighted by Gasteiger charge is 2.42. The van der Waals surface area contributed by atoms with E-state index in [1.165, 1.54) is 31.2 Å². The molecule has 1 aliphatic carbocycles. The third kappa shape index (κ3) is 4.12. The van der Waals surface area contributed by atoms with Gasteiger partial charge in [-0.2, -0.15) is 0 Å². The lowest BCUT2D eigenvalue weighted by molar-refractivity contribution is -0.156. The molecule has 0 aromatic heterocycles. The van der Waals surface area contributed by atoms with Gasteiger partial charge in [-0.05, 0) is 37.7 Å². The average molecular weight is 316 g/mol. The van der Waals surface area contributed by atoms with E-state index in [1.54, 1.807) is 0 Å². The fourth-order valence-electron chi connectivity index (χ4n) is 3.79. The SMILES string of the molecule is O=C1N(CCc2ccccc2)CCCC1(O)CNC1CCCC1. The predicted octanol–water partition coefficient (Wildman–Crippen LogP) is 2.11. The maximum absolute atomic E-state index is 12.7. The zero-order valence-electron chi connectivity index (χ0n) is 13.8. The summed E-state index contributed by atoms with van der Waals surface area (Å²) in [5, 5.41) is 14.2. The third-order valence-corrected chi connectivity index (χ3v) is 5.26. The summed E-state index contributed by atoms with van der Waals surface area (Å²) in [7, 11) is 0. The number of nitrogens with one attached hydrogen (secondary N) is 1. The molecule has 1 aromatic rings.